The van der Waals surface area contributed by atoms with Crippen LogP contribution in [0.5, 0.6) is 0 Å². The molecule has 18 heavy (non-hydrogen) atoms. The summed E-state index contributed by atoms with van der Waals surface area (Å²) >= 11 is 11.9. The number of hydrazine groups is 1. The van der Waals surface area contributed by atoms with Gasteiger partial charge in [0.1, 0.15) is 11.9 Å². The second-order valence-electron chi connectivity index (χ2n) is 4.04. The number of rotatable bonds is 3. The summed E-state index contributed by atoms with van der Waals surface area (Å²) in [5, 5.41) is 3.67. The van der Waals surface area contributed by atoms with Gasteiger partial charge in [-0.3, -0.25) is 4.79 Å². The number of nitrogens with one attached hydrogen (secondary N) is 2. The molecule has 0 saturated carbocycles. The Kier molecular flexibility index (Phi) is 3.79. The number of nitrogens with zero attached hydrogens (tertiary/aromatic N) is 2. The van der Waals surface area contributed by atoms with Crippen LogP contribution in [0.1, 0.15) is 6.42 Å². The van der Waals surface area contributed by atoms with Gasteiger partial charge < -0.3 is 15.6 Å². The lowest BCUT2D eigenvalue weighted by atomic mass is 10.2. The van der Waals surface area contributed by atoms with Crippen LogP contribution >= 0.6 is 23.2 Å². The smallest absolute Gasteiger partial charge is 0.244 e. The zero-order valence-electron chi connectivity index (χ0n) is 9.70. The molecule has 1 fully saturated rings. The zero-order chi connectivity index (χ0) is 13.3. The van der Waals surface area contributed by atoms with E-state index < -0.39 is 0 Å². The van der Waals surface area contributed by atoms with Gasteiger partial charge in [-0.1, -0.05) is 23.2 Å². The van der Waals surface area contributed by atoms with Crippen molar-refractivity contribution in [2.75, 3.05) is 24.3 Å². The minimum absolute atomic E-state index is 0.0186. The molecule has 1 unspecified atom stereocenters. The molecule has 2 heterocycles. The van der Waals surface area contributed by atoms with Crippen molar-refractivity contribution in [2.45, 2.75) is 12.5 Å². The van der Waals surface area contributed by atoms with Crippen molar-refractivity contribution in [3.05, 3.63) is 16.1 Å². The van der Waals surface area contributed by atoms with E-state index in [1.807, 2.05) is 0 Å². The van der Waals surface area contributed by atoms with Crippen LogP contribution in [-0.2, 0) is 4.79 Å². The van der Waals surface area contributed by atoms with Gasteiger partial charge in [-0.25, -0.2) is 10.8 Å². The Labute approximate surface area is 114 Å². The number of carbonyl (C=O) groups excluding carboxylic acids is 1. The third kappa shape index (κ3) is 2.45. The first-order chi connectivity index (χ1) is 8.52. The molecule has 8 heteroatoms. The highest BCUT2D eigenvalue weighted by molar-refractivity contribution is 6.37. The second kappa shape index (κ2) is 5.17. The molecule has 0 spiro atoms. The van der Waals surface area contributed by atoms with Crippen molar-refractivity contribution in [3.8, 4) is 0 Å². The number of hydrogen-bond acceptors (Lipinski definition) is 5. The molecular weight excluding hydrogens is 277 g/mol. The van der Waals surface area contributed by atoms with Gasteiger partial charge in [0.2, 0.25) is 5.91 Å². The SMILES string of the molecule is CN1CCC(Nc2nc(NN)c(Cl)cc2Cl)C1=O. The van der Waals surface area contributed by atoms with Crippen LogP contribution in [0, 0.1) is 0 Å². The number of anilines is 2. The number of halogens is 2. The van der Waals surface area contributed by atoms with Crippen molar-refractivity contribution in [3.63, 3.8) is 0 Å². The Morgan fingerprint density at radius 1 is 1.44 bits per heavy atom. The van der Waals surface area contributed by atoms with Gasteiger partial charge in [-0.15, -0.1) is 0 Å². The number of hydrogen-bond donors (Lipinski definition) is 3. The first kappa shape index (κ1) is 13.2. The van der Waals surface area contributed by atoms with E-state index in [4.69, 9.17) is 29.0 Å². The van der Waals surface area contributed by atoms with E-state index >= 15 is 0 Å². The Hall–Kier alpha value is -1.24. The fourth-order valence-electron chi connectivity index (χ4n) is 1.79. The topological polar surface area (TPSA) is 83.3 Å². The van der Waals surface area contributed by atoms with Crippen LogP contribution in [0.3, 0.4) is 0 Å². The average molecular weight is 290 g/mol. The molecule has 6 nitrogen and oxygen atoms in total. The molecule has 1 aliphatic heterocycles. The molecule has 1 aromatic rings. The Morgan fingerprint density at radius 2 is 2.11 bits per heavy atom. The van der Waals surface area contributed by atoms with E-state index in [1.165, 1.54) is 6.07 Å². The largest absolute Gasteiger partial charge is 0.357 e. The van der Waals surface area contributed by atoms with E-state index in [9.17, 15) is 4.79 Å². The first-order valence-corrected chi connectivity index (χ1v) is 6.12. The van der Waals surface area contributed by atoms with Gasteiger partial charge in [-0.2, -0.15) is 0 Å². The van der Waals surface area contributed by atoms with Crippen molar-refractivity contribution in [2.24, 2.45) is 5.84 Å². The lowest BCUT2D eigenvalue weighted by molar-refractivity contribution is -0.127. The summed E-state index contributed by atoms with van der Waals surface area (Å²) in [6.45, 7) is 0.712. The highest BCUT2D eigenvalue weighted by Crippen LogP contribution is 2.29. The van der Waals surface area contributed by atoms with Crippen molar-refractivity contribution >= 4 is 40.7 Å². The van der Waals surface area contributed by atoms with E-state index in [1.54, 1.807) is 11.9 Å². The summed E-state index contributed by atoms with van der Waals surface area (Å²) in [6.07, 6.45) is 0.710. The number of amides is 1. The molecule has 0 aromatic carbocycles. The molecule has 98 valence electrons. The average Bonchev–Trinajstić information content (AvgIpc) is 2.64. The Morgan fingerprint density at radius 3 is 2.67 bits per heavy atom. The van der Waals surface area contributed by atoms with Crippen molar-refractivity contribution in [1.82, 2.24) is 9.88 Å². The van der Waals surface area contributed by atoms with E-state index in [0.29, 0.717) is 34.6 Å². The predicted octanol–water partition coefficient (Wildman–Crippen LogP) is 1.32. The van der Waals surface area contributed by atoms with Crippen LogP contribution in [0.25, 0.3) is 0 Å². The summed E-state index contributed by atoms with van der Waals surface area (Å²) in [6, 6.07) is 1.21. The summed E-state index contributed by atoms with van der Waals surface area (Å²) in [4.78, 5) is 17.6. The number of likely N-dealkylation sites (tertiary alicyclic amines) is 1. The van der Waals surface area contributed by atoms with Crippen LogP contribution in [0.15, 0.2) is 6.07 Å². The second-order valence-corrected chi connectivity index (χ2v) is 4.85. The minimum atomic E-state index is -0.313. The molecule has 1 atom stereocenters. The van der Waals surface area contributed by atoms with Crippen LogP contribution in [0.4, 0.5) is 11.6 Å². The molecule has 0 bridgehead atoms. The van der Waals surface area contributed by atoms with Gasteiger partial charge in [0.15, 0.2) is 5.82 Å². The Bertz CT molecular complexity index is 482. The third-order valence-corrected chi connectivity index (χ3v) is 3.38. The maximum absolute atomic E-state index is 11.8. The molecular formula is C10H13Cl2N5O. The number of aromatic nitrogens is 1. The third-order valence-electron chi connectivity index (χ3n) is 2.80. The fraction of sp³-hybridized carbons (Fsp3) is 0.400. The number of pyridine rings is 1. The summed E-state index contributed by atoms with van der Waals surface area (Å²) in [5.74, 6) is 6.00. The normalized spacial score (nSPS) is 19.2. The summed E-state index contributed by atoms with van der Waals surface area (Å²) in [7, 11) is 1.76. The van der Waals surface area contributed by atoms with Gasteiger partial charge in [0.05, 0.1) is 10.0 Å². The Balaban J connectivity index is 2.21. The lowest BCUT2D eigenvalue weighted by Gasteiger charge is -2.15. The minimum Gasteiger partial charge on any atom is -0.357 e. The molecule has 0 aliphatic carbocycles. The molecule has 0 radical (unpaired) electrons. The van der Waals surface area contributed by atoms with Gasteiger partial charge in [-0.05, 0) is 12.5 Å². The van der Waals surface area contributed by atoms with Crippen molar-refractivity contribution in [1.29, 1.82) is 0 Å². The van der Waals surface area contributed by atoms with Gasteiger partial charge in [0, 0.05) is 13.6 Å². The maximum atomic E-state index is 11.8. The van der Waals surface area contributed by atoms with Crippen LogP contribution in [0.2, 0.25) is 10.0 Å². The molecule has 1 amide bonds. The van der Waals surface area contributed by atoms with E-state index in [0.717, 1.165) is 0 Å². The highest BCUT2D eigenvalue weighted by Gasteiger charge is 2.29. The molecule has 1 aromatic heterocycles. The van der Waals surface area contributed by atoms with Gasteiger partial charge in [0.25, 0.3) is 0 Å². The summed E-state index contributed by atoms with van der Waals surface area (Å²) < 4.78 is 0. The van der Waals surface area contributed by atoms with Crippen LogP contribution in [-0.4, -0.2) is 35.4 Å². The van der Waals surface area contributed by atoms with Crippen LogP contribution < -0.4 is 16.6 Å². The standard InChI is InChI=1S/C10H13Cl2N5O/c1-17-3-2-7(10(17)18)14-8-5(11)4-6(12)9(15-8)16-13/h4,7H,2-3,13H2,1H3,(H2,14,15,16). The summed E-state index contributed by atoms with van der Waals surface area (Å²) in [5.41, 5.74) is 2.37. The zero-order valence-corrected chi connectivity index (χ0v) is 11.2. The highest BCUT2D eigenvalue weighted by atomic mass is 35.5. The number of carbonyl (C=O) groups is 1. The number of likely N-dealkylation sites (N-methyl/N-ethyl adjacent to an activating group) is 1. The number of nitrogens with two attached hydrogens (primary N) is 1. The number of nitrogen functional groups attached to an aromatic ring is 1. The molecule has 1 saturated heterocycles. The van der Waals surface area contributed by atoms with E-state index in [2.05, 4.69) is 15.7 Å². The van der Waals surface area contributed by atoms with E-state index in [-0.39, 0.29) is 11.9 Å². The van der Waals surface area contributed by atoms with Crippen molar-refractivity contribution < 1.29 is 4.79 Å². The van der Waals surface area contributed by atoms with Gasteiger partial charge >= 0.3 is 0 Å². The molecule has 4 N–H and O–H groups in total. The maximum Gasteiger partial charge on any atom is 0.244 e. The fourth-order valence-corrected chi connectivity index (χ4v) is 2.26. The molecule has 2 rings (SSSR count). The lowest BCUT2D eigenvalue weighted by Crippen LogP contribution is -2.31. The monoisotopic (exact) mass is 289 g/mol. The predicted molar refractivity (Wildman–Crippen MR) is 71.7 cm³/mol. The quantitative estimate of drug-likeness (QED) is 0.577. The molecule has 1 aliphatic rings. The first-order valence-electron chi connectivity index (χ1n) is 5.37.